The zero-order valence-electron chi connectivity index (χ0n) is 10.8. The number of benzene rings is 1. The summed E-state index contributed by atoms with van der Waals surface area (Å²) in [6, 6.07) is 11.2. The van der Waals surface area contributed by atoms with E-state index >= 15 is 0 Å². The molecule has 2 atom stereocenters. The van der Waals surface area contributed by atoms with Crippen molar-refractivity contribution in [3.8, 4) is 0 Å². The lowest BCUT2D eigenvalue weighted by Gasteiger charge is -2.17. The second-order valence-electron chi connectivity index (χ2n) is 5.54. The van der Waals surface area contributed by atoms with Gasteiger partial charge in [0.05, 0.1) is 0 Å². The van der Waals surface area contributed by atoms with Crippen molar-refractivity contribution in [2.75, 3.05) is 13.6 Å². The maximum atomic E-state index is 11.8. The van der Waals surface area contributed by atoms with E-state index in [4.69, 9.17) is 0 Å². The summed E-state index contributed by atoms with van der Waals surface area (Å²) in [5.41, 5.74) is 1.41. The van der Waals surface area contributed by atoms with Crippen molar-refractivity contribution in [1.29, 1.82) is 0 Å². The van der Waals surface area contributed by atoms with Crippen LogP contribution in [0, 0.1) is 5.92 Å². The zero-order valence-corrected chi connectivity index (χ0v) is 10.8. The molecule has 0 bridgehead atoms. The van der Waals surface area contributed by atoms with Gasteiger partial charge < -0.3 is 10.2 Å². The monoisotopic (exact) mass is 244 g/mol. The summed E-state index contributed by atoms with van der Waals surface area (Å²) in [5.74, 6) is 1.28. The highest BCUT2D eigenvalue weighted by Gasteiger charge is 2.38. The largest absolute Gasteiger partial charge is 0.338 e. The van der Waals surface area contributed by atoms with E-state index < -0.39 is 0 Å². The molecule has 96 valence electrons. The van der Waals surface area contributed by atoms with E-state index in [0.717, 1.165) is 6.54 Å². The summed E-state index contributed by atoms with van der Waals surface area (Å²) < 4.78 is 0. The van der Waals surface area contributed by atoms with Crippen LogP contribution in [0.4, 0.5) is 4.79 Å². The lowest BCUT2D eigenvalue weighted by molar-refractivity contribution is 0.206. The normalized spacial score (nSPS) is 25.6. The number of hydrogen-bond acceptors (Lipinski definition) is 1. The molecule has 2 fully saturated rings. The van der Waals surface area contributed by atoms with Crippen LogP contribution < -0.4 is 5.32 Å². The van der Waals surface area contributed by atoms with Gasteiger partial charge in [-0.1, -0.05) is 30.3 Å². The van der Waals surface area contributed by atoms with Crippen molar-refractivity contribution in [1.82, 2.24) is 10.2 Å². The van der Waals surface area contributed by atoms with Crippen molar-refractivity contribution in [2.24, 2.45) is 5.92 Å². The van der Waals surface area contributed by atoms with E-state index in [1.54, 1.807) is 0 Å². The van der Waals surface area contributed by atoms with Crippen LogP contribution in [0.15, 0.2) is 30.3 Å². The molecule has 0 aliphatic heterocycles. The molecule has 3 heteroatoms. The third-order valence-electron chi connectivity index (χ3n) is 4.08. The van der Waals surface area contributed by atoms with Crippen LogP contribution in [0.5, 0.6) is 0 Å². The Kier molecular flexibility index (Phi) is 2.98. The van der Waals surface area contributed by atoms with Crippen LogP contribution >= 0.6 is 0 Å². The summed E-state index contributed by atoms with van der Waals surface area (Å²) >= 11 is 0. The first-order chi connectivity index (χ1) is 8.75. The van der Waals surface area contributed by atoms with Crippen LogP contribution in [0.25, 0.3) is 0 Å². The average Bonchev–Trinajstić information content (AvgIpc) is 3.29. The van der Waals surface area contributed by atoms with Crippen LogP contribution in [-0.4, -0.2) is 30.6 Å². The number of amides is 2. The first-order valence-electron chi connectivity index (χ1n) is 6.81. The Morgan fingerprint density at radius 1 is 1.33 bits per heavy atom. The molecule has 3 nitrogen and oxygen atoms in total. The van der Waals surface area contributed by atoms with Gasteiger partial charge in [0.25, 0.3) is 0 Å². The molecule has 3 rings (SSSR count). The predicted molar refractivity (Wildman–Crippen MR) is 71.5 cm³/mol. The van der Waals surface area contributed by atoms with Gasteiger partial charge in [0.1, 0.15) is 0 Å². The van der Waals surface area contributed by atoms with Gasteiger partial charge in [0, 0.05) is 19.6 Å². The van der Waals surface area contributed by atoms with Gasteiger partial charge in [-0.05, 0) is 36.7 Å². The van der Waals surface area contributed by atoms with E-state index in [1.165, 1.54) is 24.8 Å². The van der Waals surface area contributed by atoms with Crippen molar-refractivity contribution in [3.05, 3.63) is 35.9 Å². The molecule has 2 aliphatic carbocycles. The van der Waals surface area contributed by atoms with Gasteiger partial charge in [-0.2, -0.15) is 0 Å². The number of carbonyl (C=O) groups excluding carboxylic acids is 1. The van der Waals surface area contributed by atoms with Crippen molar-refractivity contribution < 1.29 is 4.79 Å². The summed E-state index contributed by atoms with van der Waals surface area (Å²) in [6.07, 6.45) is 3.54. The summed E-state index contributed by atoms with van der Waals surface area (Å²) in [4.78, 5) is 13.7. The molecule has 0 unspecified atom stereocenters. The Hall–Kier alpha value is -1.51. The quantitative estimate of drug-likeness (QED) is 0.867. The average molecular weight is 244 g/mol. The van der Waals surface area contributed by atoms with Crippen molar-refractivity contribution >= 4 is 6.03 Å². The molecule has 2 saturated carbocycles. The second kappa shape index (κ2) is 4.63. The number of nitrogens with one attached hydrogen (secondary N) is 1. The molecule has 2 amide bonds. The molecule has 0 aromatic heterocycles. The smallest absolute Gasteiger partial charge is 0.317 e. The number of rotatable bonds is 4. The van der Waals surface area contributed by atoms with Gasteiger partial charge >= 0.3 is 6.03 Å². The summed E-state index contributed by atoms with van der Waals surface area (Å²) in [6.45, 7) is 0.815. The minimum atomic E-state index is 0.0937. The molecule has 0 radical (unpaired) electrons. The van der Waals surface area contributed by atoms with E-state index in [-0.39, 0.29) is 6.03 Å². The topological polar surface area (TPSA) is 32.3 Å². The van der Waals surface area contributed by atoms with Crippen molar-refractivity contribution in [2.45, 2.75) is 31.2 Å². The molecule has 1 aromatic rings. The second-order valence-corrected chi connectivity index (χ2v) is 5.54. The Labute approximate surface area is 108 Å². The highest BCUT2D eigenvalue weighted by atomic mass is 16.2. The minimum Gasteiger partial charge on any atom is -0.338 e. The molecule has 1 N–H and O–H groups in total. The summed E-state index contributed by atoms with van der Waals surface area (Å²) in [7, 11) is 1.90. The lowest BCUT2D eigenvalue weighted by atomic mass is 10.1. The predicted octanol–water partition coefficient (Wildman–Crippen LogP) is 2.59. The molecule has 1 aromatic carbocycles. The van der Waals surface area contributed by atoms with E-state index in [1.807, 2.05) is 18.0 Å². The van der Waals surface area contributed by atoms with Crippen LogP contribution in [-0.2, 0) is 0 Å². The third-order valence-corrected chi connectivity index (χ3v) is 4.08. The van der Waals surface area contributed by atoms with Crippen molar-refractivity contribution in [3.63, 3.8) is 0 Å². The molecular formula is C15H20N2O. The van der Waals surface area contributed by atoms with Crippen LogP contribution in [0.2, 0.25) is 0 Å². The molecular weight excluding hydrogens is 224 g/mol. The Balaban J connectivity index is 1.44. The number of nitrogens with zero attached hydrogens (tertiary/aromatic N) is 1. The minimum absolute atomic E-state index is 0.0937. The molecule has 2 aliphatic rings. The Bertz CT molecular complexity index is 427. The van der Waals surface area contributed by atoms with E-state index in [2.05, 4.69) is 29.6 Å². The highest BCUT2D eigenvalue weighted by Crippen LogP contribution is 2.46. The van der Waals surface area contributed by atoms with E-state index in [0.29, 0.717) is 17.9 Å². The van der Waals surface area contributed by atoms with Gasteiger partial charge in [-0.25, -0.2) is 4.79 Å². The maximum Gasteiger partial charge on any atom is 0.317 e. The number of carbonyl (C=O) groups is 1. The SMILES string of the molecule is CN(C(=O)NC[C@H]1C[C@@H]1c1ccccc1)C1CC1. The van der Waals surface area contributed by atoms with Gasteiger partial charge in [0.2, 0.25) is 0 Å². The first-order valence-corrected chi connectivity index (χ1v) is 6.81. The van der Waals surface area contributed by atoms with Gasteiger partial charge in [0.15, 0.2) is 0 Å². The summed E-state index contributed by atoms with van der Waals surface area (Å²) in [5, 5.41) is 3.05. The van der Waals surface area contributed by atoms with Crippen LogP contribution in [0.1, 0.15) is 30.7 Å². The number of urea groups is 1. The fraction of sp³-hybridized carbons (Fsp3) is 0.533. The first kappa shape index (κ1) is 11.6. The molecule has 18 heavy (non-hydrogen) atoms. The molecule has 0 saturated heterocycles. The van der Waals surface area contributed by atoms with E-state index in [9.17, 15) is 4.79 Å². The van der Waals surface area contributed by atoms with Gasteiger partial charge in [-0.15, -0.1) is 0 Å². The zero-order chi connectivity index (χ0) is 12.5. The molecule has 0 spiro atoms. The fourth-order valence-corrected chi connectivity index (χ4v) is 2.55. The van der Waals surface area contributed by atoms with Gasteiger partial charge in [-0.3, -0.25) is 0 Å². The third kappa shape index (κ3) is 2.50. The highest BCUT2D eigenvalue weighted by molar-refractivity contribution is 5.74. The van der Waals surface area contributed by atoms with Crippen LogP contribution in [0.3, 0.4) is 0 Å². The molecule has 0 heterocycles. The maximum absolute atomic E-state index is 11.8. The standard InChI is InChI=1S/C15H20N2O/c1-17(13-7-8-13)15(18)16-10-12-9-14(12)11-5-3-2-4-6-11/h2-6,12-14H,7-10H2,1H3,(H,16,18)/t12-,14-/m1/s1. The lowest BCUT2D eigenvalue weighted by Crippen LogP contribution is -2.39. The fourth-order valence-electron chi connectivity index (χ4n) is 2.55. The number of hydrogen-bond donors (Lipinski definition) is 1. The Morgan fingerprint density at radius 2 is 2.06 bits per heavy atom. The Morgan fingerprint density at radius 3 is 2.72 bits per heavy atom.